The molecule has 3 N–H and O–H groups in total. The average molecular weight is 524 g/mol. The van der Waals surface area contributed by atoms with Crippen LogP contribution in [0.4, 0.5) is 0 Å². The van der Waals surface area contributed by atoms with Crippen molar-refractivity contribution in [1.82, 2.24) is 0 Å². The number of carboxylic acids is 1. The van der Waals surface area contributed by atoms with Crippen molar-refractivity contribution in [3.05, 3.63) is 12.2 Å². The predicted octanol–water partition coefficient (Wildman–Crippen LogP) is 11.5. The molecule has 0 saturated carbocycles. The summed E-state index contributed by atoms with van der Waals surface area (Å²) in [6.45, 7) is 5.42. The van der Waals surface area contributed by atoms with E-state index in [1.54, 1.807) is 0 Å². The van der Waals surface area contributed by atoms with Gasteiger partial charge in [0.1, 0.15) is 0 Å². The van der Waals surface area contributed by atoms with Gasteiger partial charge in [-0.3, -0.25) is 4.79 Å². The molecule has 0 rings (SSSR count). The second kappa shape index (κ2) is 37.3. The van der Waals surface area contributed by atoms with E-state index in [4.69, 9.17) is 10.8 Å². The molecule has 0 aromatic carbocycles. The summed E-state index contributed by atoms with van der Waals surface area (Å²) in [5.41, 5.74) is 5.47. The van der Waals surface area contributed by atoms with Gasteiger partial charge in [0.25, 0.3) is 0 Å². The molecule has 0 bridgehead atoms. The maximum atomic E-state index is 10.3. The van der Waals surface area contributed by atoms with E-state index in [2.05, 4.69) is 26.0 Å². The number of hydrogen-bond acceptors (Lipinski definition) is 2. The first-order chi connectivity index (χ1) is 18.2. The Labute approximate surface area is 233 Å². The third-order valence-corrected chi connectivity index (χ3v) is 7.21. The van der Waals surface area contributed by atoms with Gasteiger partial charge in [-0.2, -0.15) is 0 Å². The van der Waals surface area contributed by atoms with Crippen LogP contribution in [0.2, 0.25) is 0 Å². The highest BCUT2D eigenvalue weighted by molar-refractivity contribution is 5.66. The summed E-state index contributed by atoms with van der Waals surface area (Å²) in [6, 6.07) is 0. The Hall–Kier alpha value is -0.830. The van der Waals surface area contributed by atoms with Crippen LogP contribution in [0.1, 0.15) is 194 Å². The van der Waals surface area contributed by atoms with Crippen LogP contribution in [0.15, 0.2) is 12.2 Å². The van der Waals surface area contributed by atoms with E-state index in [1.807, 2.05) is 0 Å². The molecular weight excluding hydrogens is 454 g/mol. The van der Waals surface area contributed by atoms with E-state index >= 15 is 0 Å². The van der Waals surface area contributed by atoms with Gasteiger partial charge >= 0.3 is 5.97 Å². The van der Waals surface area contributed by atoms with Crippen LogP contribution in [0.3, 0.4) is 0 Å². The van der Waals surface area contributed by atoms with Gasteiger partial charge in [0.2, 0.25) is 0 Å². The summed E-state index contributed by atoms with van der Waals surface area (Å²) < 4.78 is 0. The first-order valence-corrected chi connectivity index (χ1v) is 16.8. The van der Waals surface area contributed by atoms with Gasteiger partial charge in [-0.15, -0.1) is 0 Å². The van der Waals surface area contributed by atoms with Gasteiger partial charge in [0.05, 0.1) is 0 Å². The van der Waals surface area contributed by atoms with E-state index in [0.717, 1.165) is 19.4 Å². The zero-order valence-electron chi connectivity index (χ0n) is 25.6. The number of unbranched alkanes of at least 4 members (excludes halogenated alkanes) is 24. The van der Waals surface area contributed by atoms with E-state index in [-0.39, 0.29) is 0 Å². The Kier molecular flexibility index (Phi) is 38.7. The Morgan fingerprint density at radius 3 is 1.11 bits per heavy atom. The maximum Gasteiger partial charge on any atom is 0.303 e. The van der Waals surface area contributed by atoms with Crippen molar-refractivity contribution in [2.75, 3.05) is 6.54 Å². The lowest BCUT2D eigenvalue weighted by Gasteiger charge is -2.02. The van der Waals surface area contributed by atoms with Crippen LogP contribution in [0, 0.1) is 0 Å². The van der Waals surface area contributed by atoms with E-state index < -0.39 is 5.97 Å². The number of hydrogen-bond donors (Lipinski definition) is 2. The van der Waals surface area contributed by atoms with Crippen molar-refractivity contribution in [3.63, 3.8) is 0 Å². The van der Waals surface area contributed by atoms with E-state index in [1.165, 1.54) is 161 Å². The molecule has 3 heteroatoms. The molecule has 0 aliphatic carbocycles. The molecule has 0 heterocycles. The van der Waals surface area contributed by atoms with Crippen molar-refractivity contribution < 1.29 is 9.90 Å². The van der Waals surface area contributed by atoms with E-state index in [9.17, 15) is 4.79 Å². The standard InChI is InChI=1S/C18H34O2.C16H35N/c1-2-3-4-5-6-7-8-9-10-11-12-13-14-15-16-17-18(19)20;1-2-3-4-5-6-7-8-9-10-11-12-13-14-15-16-17/h9-10H,2-8,11-17H2,1H3,(H,19,20);2-17H2,1H3/b10-9-;. The van der Waals surface area contributed by atoms with Gasteiger partial charge in [0.15, 0.2) is 0 Å². The van der Waals surface area contributed by atoms with Gasteiger partial charge in [-0.1, -0.05) is 161 Å². The Balaban J connectivity index is 0. The molecule has 0 saturated heterocycles. The maximum absolute atomic E-state index is 10.3. The molecular formula is C34H69NO2. The third kappa shape index (κ3) is 42.5. The molecule has 0 aliphatic heterocycles. The first kappa shape index (κ1) is 38.3. The van der Waals surface area contributed by atoms with Gasteiger partial charge in [-0.25, -0.2) is 0 Å². The fourth-order valence-electron chi connectivity index (χ4n) is 4.69. The number of carboxylic acid groups (broad SMARTS) is 1. The summed E-state index contributed by atoms with van der Waals surface area (Å²) in [4.78, 5) is 10.3. The molecule has 0 aliphatic rings. The summed E-state index contributed by atoms with van der Waals surface area (Å²) >= 11 is 0. The van der Waals surface area contributed by atoms with Crippen molar-refractivity contribution in [3.8, 4) is 0 Å². The molecule has 0 atom stereocenters. The molecule has 0 amide bonds. The number of rotatable bonds is 29. The fraction of sp³-hybridized carbons (Fsp3) is 0.912. The molecule has 0 aromatic rings. The van der Waals surface area contributed by atoms with Crippen molar-refractivity contribution in [2.45, 2.75) is 194 Å². The molecule has 0 spiro atoms. The molecule has 3 nitrogen and oxygen atoms in total. The Morgan fingerprint density at radius 1 is 0.486 bits per heavy atom. The van der Waals surface area contributed by atoms with Gasteiger partial charge in [0, 0.05) is 6.42 Å². The first-order valence-electron chi connectivity index (χ1n) is 16.8. The second-order valence-corrected chi connectivity index (χ2v) is 11.1. The molecule has 0 fully saturated rings. The molecule has 37 heavy (non-hydrogen) atoms. The van der Waals surface area contributed by atoms with Crippen LogP contribution in [-0.4, -0.2) is 17.6 Å². The summed E-state index contributed by atoms with van der Waals surface area (Å²) in [5.74, 6) is -0.664. The van der Waals surface area contributed by atoms with Gasteiger partial charge in [-0.05, 0) is 45.1 Å². The van der Waals surface area contributed by atoms with E-state index in [0.29, 0.717) is 6.42 Å². The number of nitrogens with two attached hydrogens (primary N) is 1. The minimum Gasteiger partial charge on any atom is -0.481 e. The molecule has 0 radical (unpaired) electrons. The topological polar surface area (TPSA) is 63.3 Å². The summed E-state index contributed by atoms with van der Waals surface area (Å²) in [5, 5.41) is 8.51. The molecule has 222 valence electrons. The highest BCUT2D eigenvalue weighted by Crippen LogP contribution is 2.13. The smallest absolute Gasteiger partial charge is 0.303 e. The predicted molar refractivity (Wildman–Crippen MR) is 166 cm³/mol. The second-order valence-electron chi connectivity index (χ2n) is 11.1. The normalized spacial score (nSPS) is 11.1. The summed E-state index contributed by atoms with van der Waals surface area (Å²) in [6.07, 6.45) is 41.1. The zero-order chi connectivity index (χ0) is 27.5. The van der Waals surface area contributed by atoms with Crippen LogP contribution in [0.5, 0.6) is 0 Å². The zero-order valence-corrected chi connectivity index (χ0v) is 25.6. The molecule has 0 unspecified atom stereocenters. The highest BCUT2D eigenvalue weighted by atomic mass is 16.4. The lowest BCUT2D eigenvalue weighted by atomic mass is 10.0. The van der Waals surface area contributed by atoms with Crippen LogP contribution >= 0.6 is 0 Å². The monoisotopic (exact) mass is 524 g/mol. The van der Waals surface area contributed by atoms with Crippen LogP contribution < -0.4 is 5.73 Å². The van der Waals surface area contributed by atoms with Crippen molar-refractivity contribution >= 4 is 5.97 Å². The lowest BCUT2D eigenvalue weighted by Crippen LogP contribution is -1.97. The quantitative estimate of drug-likeness (QED) is 0.0756. The van der Waals surface area contributed by atoms with Crippen LogP contribution in [-0.2, 0) is 4.79 Å². The number of aliphatic carboxylic acids is 1. The third-order valence-electron chi connectivity index (χ3n) is 7.21. The van der Waals surface area contributed by atoms with Crippen molar-refractivity contribution in [2.24, 2.45) is 5.73 Å². The largest absolute Gasteiger partial charge is 0.481 e. The number of carbonyl (C=O) groups is 1. The SMILES string of the molecule is CCCCCCCC/C=C\CCCCCCCC(=O)O.CCCCCCCCCCCCCCCCN. The minimum absolute atomic E-state index is 0.332. The lowest BCUT2D eigenvalue weighted by molar-refractivity contribution is -0.137. The molecule has 0 aromatic heterocycles. The minimum atomic E-state index is -0.664. The van der Waals surface area contributed by atoms with Crippen molar-refractivity contribution in [1.29, 1.82) is 0 Å². The highest BCUT2D eigenvalue weighted by Gasteiger charge is 1.96. The summed E-state index contributed by atoms with van der Waals surface area (Å²) in [7, 11) is 0. The van der Waals surface area contributed by atoms with Crippen LogP contribution in [0.25, 0.3) is 0 Å². The Morgan fingerprint density at radius 2 is 0.784 bits per heavy atom. The number of allylic oxidation sites excluding steroid dienone is 2. The Bertz CT molecular complexity index is 422. The average Bonchev–Trinajstić information content (AvgIpc) is 2.89. The fourth-order valence-corrected chi connectivity index (χ4v) is 4.69. The van der Waals surface area contributed by atoms with Gasteiger partial charge < -0.3 is 10.8 Å².